The number of hydrogen-bond acceptors (Lipinski definition) is 6. The van der Waals surface area contributed by atoms with E-state index in [0.29, 0.717) is 17.9 Å². The van der Waals surface area contributed by atoms with Crippen LogP contribution in [0.15, 0.2) is 12.3 Å². The fourth-order valence-electron chi connectivity index (χ4n) is 1.66. The Bertz CT molecular complexity index is 476. The molecule has 0 bridgehead atoms. The molecule has 0 aliphatic heterocycles. The maximum absolute atomic E-state index is 11.3. The number of methoxy groups -OCH3 is 1. The Morgan fingerprint density at radius 3 is 2.74 bits per heavy atom. The van der Waals surface area contributed by atoms with Crippen molar-refractivity contribution in [1.82, 2.24) is 4.98 Å². The number of nitrogens with zero attached hydrogens (tertiary/aromatic N) is 3. The van der Waals surface area contributed by atoms with Gasteiger partial charge in [0.2, 0.25) is 0 Å². The number of nitro groups is 1. The first-order chi connectivity index (χ1) is 8.99. The first-order valence-electron chi connectivity index (χ1n) is 5.92. The monoisotopic (exact) mass is 267 g/mol. The molecule has 0 saturated heterocycles. The zero-order chi connectivity index (χ0) is 14.4. The third-order valence-electron chi connectivity index (χ3n) is 2.63. The Morgan fingerprint density at radius 2 is 2.26 bits per heavy atom. The lowest BCUT2D eigenvalue weighted by Crippen LogP contribution is -2.32. The van der Waals surface area contributed by atoms with E-state index in [9.17, 15) is 14.9 Å². The summed E-state index contributed by atoms with van der Waals surface area (Å²) >= 11 is 0. The second-order valence-corrected chi connectivity index (χ2v) is 4.08. The topological polar surface area (TPSA) is 85.6 Å². The number of pyridine rings is 1. The quantitative estimate of drug-likeness (QED) is 0.443. The highest BCUT2D eigenvalue weighted by Gasteiger charge is 2.16. The molecular formula is C12H17N3O4. The highest BCUT2D eigenvalue weighted by Crippen LogP contribution is 2.21. The number of rotatable bonds is 6. The second kappa shape index (κ2) is 6.67. The molecule has 7 nitrogen and oxygen atoms in total. The highest BCUT2D eigenvalue weighted by molar-refractivity contribution is 5.75. The maximum atomic E-state index is 11.3. The molecule has 0 atom stereocenters. The van der Waals surface area contributed by atoms with Crippen molar-refractivity contribution in [2.45, 2.75) is 20.3 Å². The van der Waals surface area contributed by atoms with Crippen molar-refractivity contribution >= 4 is 17.5 Å². The third-order valence-corrected chi connectivity index (χ3v) is 2.63. The van der Waals surface area contributed by atoms with Crippen LogP contribution in [0.5, 0.6) is 0 Å². The number of aryl methyl sites for hydroxylation is 1. The molecule has 1 rings (SSSR count). The van der Waals surface area contributed by atoms with Gasteiger partial charge in [-0.25, -0.2) is 4.98 Å². The van der Waals surface area contributed by atoms with Crippen LogP contribution < -0.4 is 4.90 Å². The lowest BCUT2D eigenvalue weighted by Gasteiger charge is -2.21. The molecule has 0 fully saturated rings. The molecule has 0 N–H and O–H groups in total. The standard InChI is InChI=1S/C12H17N3O4/c1-4-5-14(8-12(16)19-3)11-6-9(2)10(7-13-11)15(17)18/h6-7H,4-5,8H2,1-3H3. The number of carbonyl (C=O) groups is 1. The molecule has 1 aromatic heterocycles. The minimum Gasteiger partial charge on any atom is -0.468 e. The van der Waals surface area contributed by atoms with Gasteiger partial charge in [-0.2, -0.15) is 0 Å². The van der Waals surface area contributed by atoms with Gasteiger partial charge in [0.15, 0.2) is 0 Å². The summed E-state index contributed by atoms with van der Waals surface area (Å²) < 4.78 is 4.62. The lowest BCUT2D eigenvalue weighted by molar-refractivity contribution is -0.385. The SMILES string of the molecule is CCCN(CC(=O)OC)c1cc(C)c([N+](=O)[O-])cn1. The van der Waals surface area contributed by atoms with E-state index in [0.717, 1.165) is 6.42 Å². The summed E-state index contributed by atoms with van der Waals surface area (Å²) in [5, 5.41) is 10.7. The van der Waals surface area contributed by atoms with Crippen molar-refractivity contribution in [2.24, 2.45) is 0 Å². The van der Waals surface area contributed by atoms with E-state index in [1.165, 1.54) is 13.3 Å². The molecule has 0 radical (unpaired) electrons. The molecule has 0 spiro atoms. The molecule has 0 aromatic carbocycles. The molecule has 0 saturated carbocycles. The Kier molecular flexibility index (Phi) is 5.23. The summed E-state index contributed by atoms with van der Waals surface area (Å²) in [5.41, 5.74) is 0.485. The van der Waals surface area contributed by atoms with E-state index >= 15 is 0 Å². The van der Waals surface area contributed by atoms with E-state index < -0.39 is 4.92 Å². The van der Waals surface area contributed by atoms with Gasteiger partial charge < -0.3 is 9.64 Å². The summed E-state index contributed by atoms with van der Waals surface area (Å²) in [7, 11) is 1.32. The third kappa shape index (κ3) is 3.90. The summed E-state index contributed by atoms with van der Waals surface area (Å²) in [6.45, 7) is 4.32. The number of carbonyl (C=O) groups excluding carboxylic acids is 1. The molecule has 0 unspecified atom stereocenters. The van der Waals surface area contributed by atoms with Gasteiger partial charge in [0.1, 0.15) is 18.6 Å². The second-order valence-electron chi connectivity index (χ2n) is 4.08. The molecule has 1 aromatic rings. The number of hydrogen-bond donors (Lipinski definition) is 0. The smallest absolute Gasteiger partial charge is 0.325 e. The molecule has 1 heterocycles. The van der Waals surface area contributed by atoms with Crippen LogP contribution in [0.1, 0.15) is 18.9 Å². The summed E-state index contributed by atoms with van der Waals surface area (Å²) in [6, 6.07) is 1.61. The van der Waals surface area contributed by atoms with Crippen LogP contribution in [-0.4, -0.2) is 36.1 Å². The van der Waals surface area contributed by atoms with E-state index in [2.05, 4.69) is 9.72 Å². The largest absolute Gasteiger partial charge is 0.468 e. The van der Waals surface area contributed by atoms with E-state index in [1.807, 2.05) is 6.92 Å². The molecule has 104 valence electrons. The van der Waals surface area contributed by atoms with E-state index in [4.69, 9.17) is 0 Å². The number of anilines is 1. The van der Waals surface area contributed by atoms with Gasteiger partial charge in [0.05, 0.1) is 12.0 Å². The van der Waals surface area contributed by atoms with Crippen molar-refractivity contribution < 1.29 is 14.5 Å². The first kappa shape index (κ1) is 14.9. The predicted molar refractivity (Wildman–Crippen MR) is 70.1 cm³/mol. The molecule has 19 heavy (non-hydrogen) atoms. The van der Waals surface area contributed by atoms with Crippen molar-refractivity contribution in [2.75, 3.05) is 25.1 Å². The zero-order valence-electron chi connectivity index (χ0n) is 11.3. The van der Waals surface area contributed by atoms with E-state index in [1.54, 1.807) is 17.9 Å². The zero-order valence-corrected chi connectivity index (χ0v) is 11.3. The minimum absolute atomic E-state index is 0.0294. The Balaban J connectivity index is 2.99. The van der Waals surface area contributed by atoms with Crippen LogP contribution in [0, 0.1) is 17.0 Å². The molecule has 0 aliphatic rings. The summed E-state index contributed by atoms with van der Waals surface area (Å²) in [4.78, 5) is 27.4. The van der Waals surface area contributed by atoms with Gasteiger partial charge in [-0.05, 0) is 19.4 Å². The fourth-order valence-corrected chi connectivity index (χ4v) is 1.66. The van der Waals surface area contributed by atoms with Crippen molar-refractivity contribution in [3.8, 4) is 0 Å². The lowest BCUT2D eigenvalue weighted by atomic mass is 10.2. The van der Waals surface area contributed by atoms with Crippen molar-refractivity contribution in [1.29, 1.82) is 0 Å². The van der Waals surface area contributed by atoms with Gasteiger partial charge in [0, 0.05) is 12.1 Å². The first-order valence-corrected chi connectivity index (χ1v) is 5.92. The molecule has 0 amide bonds. The Hall–Kier alpha value is -2.18. The fraction of sp³-hybridized carbons (Fsp3) is 0.500. The Morgan fingerprint density at radius 1 is 1.58 bits per heavy atom. The summed E-state index contributed by atoms with van der Waals surface area (Å²) in [6.07, 6.45) is 2.04. The van der Waals surface area contributed by atoms with Crippen LogP contribution in [0.2, 0.25) is 0 Å². The summed E-state index contributed by atoms with van der Waals surface area (Å²) in [5.74, 6) is 0.168. The number of aromatic nitrogens is 1. The van der Waals surface area contributed by atoms with Crippen LogP contribution in [-0.2, 0) is 9.53 Å². The van der Waals surface area contributed by atoms with Gasteiger partial charge in [0.25, 0.3) is 5.69 Å². The highest BCUT2D eigenvalue weighted by atomic mass is 16.6. The van der Waals surface area contributed by atoms with Crippen LogP contribution in [0.4, 0.5) is 11.5 Å². The molecule has 0 aliphatic carbocycles. The van der Waals surface area contributed by atoms with Gasteiger partial charge >= 0.3 is 5.97 Å². The molecule has 7 heteroatoms. The average molecular weight is 267 g/mol. The van der Waals surface area contributed by atoms with Crippen molar-refractivity contribution in [3.63, 3.8) is 0 Å². The van der Waals surface area contributed by atoms with E-state index in [-0.39, 0.29) is 18.2 Å². The van der Waals surface area contributed by atoms with Gasteiger partial charge in [-0.1, -0.05) is 6.92 Å². The maximum Gasteiger partial charge on any atom is 0.325 e. The number of ether oxygens (including phenoxy) is 1. The predicted octanol–water partition coefficient (Wildman–Crippen LogP) is 1.69. The average Bonchev–Trinajstić information content (AvgIpc) is 2.37. The normalized spacial score (nSPS) is 10.1. The van der Waals surface area contributed by atoms with Crippen LogP contribution >= 0.6 is 0 Å². The van der Waals surface area contributed by atoms with Gasteiger partial charge in [-0.3, -0.25) is 14.9 Å². The van der Waals surface area contributed by atoms with Gasteiger partial charge in [-0.15, -0.1) is 0 Å². The minimum atomic E-state index is -0.476. The van der Waals surface area contributed by atoms with Crippen LogP contribution in [0.25, 0.3) is 0 Å². The van der Waals surface area contributed by atoms with Crippen LogP contribution in [0.3, 0.4) is 0 Å². The number of esters is 1. The van der Waals surface area contributed by atoms with Crippen molar-refractivity contribution in [3.05, 3.63) is 27.9 Å². The molecular weight excluding hydrogens is 250 g/mol. The Labute approximate surface area is 111 Å².